The van der Waals surface area contributed by atoms with Crippen LogP contribution in [0.2, 0.25) is 5.02 Å². The van der Waals surface area contributed by atoms with E-state index >= 15 is 0 Å². The number of anilines is 1. The van der Waals surface area contributed by atoms with Crippen molar-refractivity contribution in [3.05, 3.63) is 254 Å². The molecule has 3 aromatic heterocycles. The Bertz CT molecular complexity index is 3580. The largest absolute Gasteiger partial charge is 6.00 e. The van der Waals surface area contributed by atoms with Gasteiger partial charge >= 0.3 is 17.1 Å². The molecule has 3 heterocycles. The molecule has 0 atom stereocenters. The fraction of sp³-hybridized carbons (Fsp3) is 0.105. The summed E-state index contributed by atoms with van der Waals surface area (Å²) >= 11 is 17.6. The number of allylic oxidation sites excluding steroid dienone is 8. The molecule has 7 aromatic rings. The zero-order valence-electron chi connectivity index (χ0n) is 48.5. The molecule has 0 aliphatic heterocycles. The third kappa shape index (κ3) is 27.3. The van der Waals surface area contributed by atoms with Crippen molar-refractivity contribution in [2.75, 3.05) is 5.73 Å². The molecule has 433 valence electrons. The third-order valence-electron chi connectivity index (χ3n) is 10.8. The maximum atomic E-state index is 12.7. The number of nitrogen functional groups attached to an aromatic ring is 1. The van der Waals surface area contributed by atoms with Crippen molar-refractivity contribution in [3.63, 3.8) is 0 Å². The van der Waals surface area contributed by atoms with Crippen LogP contribution in [0.25, 0.3) is 17.1 Å². The van der Waals surface area contributed by atoms with Crippen molar-refractivity contribution in [1.29, 1.82) is 31.6 Å². The molecule has 0 saturated carbocycles. The zero-order chi connectivity index (χ0) is 62.1. The quantitative estimate of drug-likeness (QED) is 0.0852. The van der Waals surface area contributed by atoms with Crippen LogP contribution in [0.4, 0.5) is 17.1 Å². The number of hydrogen-bond acceptors (Lipinski definition) is 16. The van der Waals surface area contributed by atoms with Crippen molar-refractivity contribution in [2.24, 2.45) is 31.1 Å². The minimum Gasteiger partial charge on any atom is -0.512 e. The molecule has 23 nitrogen and oxygen atoms in total. The molecule has 30 heteroatoms. The van der Waals surface area contributed by atoms with E-state index in [1.165, 1.54) is 42.5 Å². The van der Waals surface area contributed by atoms with Gasteiger partial charge in [0, 0.05) is 192 Å². The number of nitrogens with two attached hydrogens (primary N) is 1. The summed E-state index contributed by atoms with van der Waals surface area (Å²) in [7, 11) is 5.41. The van der Waals surface area contributed by atoms with Gasteiger partial charge in [0.1, 0.15) is 11.4 Å². The number of phenolic OH excluding ortho intramolecular Hbond substituents is 1. The maximum absolute atomic E-state index is 12.7. The standard InChI is InChI=1S/2C17H14ClN3O2.C11H13N3O.C6H5ClO.6CN.Fe.3K.H3N.H2O/c2*1-11-16(19-15-9-8-13(22)10-14(15)18)17(23)21(20(11)2)12-6-4-3-5-7-12;1-8-10(12)11(15)14(13(8)2)9-6-4-3-5-7-9;7-5-2-1-3-6(8)4-5;6*1-2;;;;;;/h2*3-10H,1-2H3;3-7H,12H2,1-2H3;1-4,8H;;;;;;;;;;;1H3;1H2/q;;;;6*-1;+6;;;;;. The van der Waals surface area contributed by atoms with E-state index < -0.39 is 0 Å². The first-order chi connectivity index (χ1) is 38.9. The molecule has 0 spiro atoms. The van der Waals surface area contributed by atoms with Gasteiger partial charge < -0.3 is 93.5 Å². The number of aromatic hydroxyl groups is 1. The van der Waals surface area contributed by atoms with Crippen LogP contribution >= 0.6 is 34.8 Å². The molecule has 87 heavy (non-hydrogen) atoms. The van der Waals surface area contributed by atoms with Gasteiger partial charge in [-0.3, -0.25) is 38.0 Å². The van der Waals surface area contributed by atoms with Crippen LogP contribution in [-0.4, -0.2) is 216 Å². The summed E-state index contributed by atoms with van der Waals surface area (Å²) in [6.45, 7) is 34.0. The van der Waals surface area contributed by atoms with Gasteiger partial charge in [-0.2, -0.15) is 0 Å². The van der Waals surface area contributed by atoms with Crippen LogP contribution in [0.1, 0.15) is 17.1 Å². The molecule has 9 rings (SSSR count). The molecule has 2 aliphatic carbocycles. The first-order valence-corrected chi connectivity index (χ1v) is 23.5. The number of carbonyl (C=O) groups excluding carboxylic acids is 2. The van der Waals surface area contributed by atoms with Crippen molar-refractivity contribution in [2.45, 2.75) is 20.8 Å². The van der Waals surface area contributed by atoms with Crippen LogP contribution in [0, 0.1) is 91.8 Å². The summed E-state index contributed by atoms with van der Waals surface area (Å²) in [5.41, 5.74) is 11.3. The number of hydrogen-bond donors (Lipinski definition) is 3. The van der Waals surface area contributed by atoms with Gasteiger partial charge in [-0.25, -0.2) is 24.0 Å². The molecular weight excluding hydrogens is 1300 g/mol. The molecule has 0 amide bonds. The van der Waals surface area contributed by atoms with Crippen LogP contribution in [-0.2, 0) is 47.8 Å². The van der Waals surface area contributed by atoms with Crippen molar-refractivity contribution >= 4 is 229 Å². The first kappa shape index (κ1) is 95.0. The Morgan fingerprint density at radius 2 is 0.747 bits per heavy atom. The minimum atomic E-state index is -0.238. The number of rotatable bonds is 5. The summed E-state index contributed by atoms with van der Waals surface area (Å²) in [6.07, 6.45) is 8.35. The number of aliphatic imine (C=N–C) groups is 2. The van der Waals surface area contributed by atoms with Gasteiger partial charge in [0.15, 0.2) is 22.9 Å². The molecule has 8 N–H and O–H groups in total. The predicted octanol–water partition coefficient (Wildman–Crippen LogP) is 7.52. The van der Waals surface area contributed by atoms with E-state index in [9.17, 15) is 24.0 Å². The summed E-state index contributed by atoms with van der Waals surface area (Å²) < 4.78 is 9.89. The van der Waals surface area contributed by atoms with Crippen LogP contribution < -0.4 is 28.6 Å². The van der Waals surface area contributed by atoms with Gasteiger partial charge in [0.2, 0.25) is 0 Å². The Kier molecular flexibility index (Phi) is 55.9. The second-order valence-electron chi connectivity index (χ2n) is 15.2. The number of halogens is 3. The van der Waals surface area contributed by atoms with Gasteiger partial charge in [-0.15, -0.1) is 0 Å². The number of benzene rings is 4. The van der Waals surface area contributed by atoms with Gasteiger partial charge in [0.25, 0.3) is 16.7 Å². The van der Waals surface area contributed by atoms with E-state index in [1.807, 2.05) is 119 Å². The Morgan fingerprint density at radius 1 is 0.460 bits per heavy atom. The Hall–Kier alpha value is -5.69. The number of ketones is 2. The fourth-order valence-corrected chi connectivity index (χ4v) is 7.44. The third-order valence-corrected chi connectivity index (χ3v) is 11.6. The van der Waals surface area contributed by atoms with Crippen molar-refractivity contribution < 1.29 is 37.2 Å². The van der Waals surface area contributed by atoms with E-state index in [0.29, 0.717) is 44.9 Å². The van der Waals surface area contributed by atoms with Gasteiger partial charge in [-0.1, -0.05) is 95.5 Å². The number of nitrogens with zero attached hydrogens (tertiary/aromatic N) is 14. The topological polar surface area (TPSA) is 395 Å². The molecule has 4 aromatic carbocycles. The summed E-state index contributed by atoms with van der Waals surface area (Å²) in [5.74, 6) is -0.182. The SMILES string of the molecule is Cc1c(N)c(=O)n(-c2ccccc2)n1C.Cc1c(N=C2C=CC(=O)C=C2Cl)c(=O)n(-c2ccccc2)n1C.Cc1c(N=C2C=CC(=O)C=C2Cl)c(=O)n(-c2ccccc2)n1C.N.O.Oc1cccc(Cl)c1.[C-]#N.[C-]#N.[C-]#N.[C-]#N.[C-]#N.[C-]#N.[Fe+6].[K].[K].[K]. The maximum Gasteiger partial charge on any atom is 6.00 e. The van der Waals surface area contributed by atoms with Gasteiger partial charge in [-0.05, 0) is 99.7 Å². The Labute approximate surface area is 656 Å². The van der Waals surface area contributed by atoms with Crippen molar-refractivity contribution in [3.8, 4) is 22.8 Å². The van der Waals surface area contributed by atoms with Gasteiger partial charge in [0.05, 0.1) is 55.6 Å². The summed E-state index contributed by atoms with van der Waals surface area (Å²) in [4.78, 5) is 68.6. The second-order valence-corrected chi connectivity index (χ2v) is 16.5. The number of phenols is 1. The average Bonchev–Trinajstić information content (AvgIpc) is 2.29. The van der Waals surface area contributed by atoms with Crippen LogP contribution in [0.5, 0.6) is 5.75 Å². The van der Waals surface area contributed by atoms with E-state index in [-0.39, 0.29) is 227 Å². The van der Waals surface area contributed by atoms with Crippen molar-refractivity contribution in [1.82, 2.24) is 34.2 Å². The fourth-order valence-electron chi connectivity index (χ4n) is 6.83. The number of carbonyl (C=O) groups is 2. The van der Waals surface area contributed by atoms with Crippen LogP contribution in [0.3, 0.4) is 0 Å². The first-order valence-electron chi connectivity index (χ1n) is 22.3. The number of para-hydroxylation sites is 3. The molecule has 3 radical (unpaired) electrons. The molecule has 0 saturated heterocycles. The second kappa shape index (κ2) is 51.2. The van der Waals surface area contributed by atoms with E-state index in [2.05, 4.69) is 9.98 Å². The summed E-state index contributed by atoms with van der Waals surface area (Å²) in [5, 5.41) is 47.2. The molecule has 0 bridgehead atoms. The smallest absolute Gasteiger partial charge is 0.512 e. The normalized spacial score (nSPS) is 11.3. The zero-order valence-corrected chi connectivity index (χ0v) is 61.2. The van der Waals surface area contributed by atoms with E-state index in [1.54, 1.807) is 60.4 Å². The van der Waals surface area contributed by atoms with E-state index in [4.69, 9.17) is 117 Å². The summed E-state index contributed by atoms with van der Waals surface area (Å²) in [6, 6.07) is 34.5. The Balaban J connectivity index is -0.000000188. The molecule has 0 fully saturated rings. The van der Waals surface area contributed by atoms with Crippen LogP contribution in [0.15, 0.2) is 186 Å². The average molecular weight is 1350 g/mol. The molecular formula is C57H51Cl3FeK3N16O7. The van der Waals surface area contributed by atoms with E-state index in [0.717, 1.165) is 22.8 Å². The molecule has 2 aliphatic rings. The molecule has 0 unspecified atom stereocenters. The monoisotopic (exact) mass is 1350 g/mol. The Morgan fingerprint density at radius 3 is 0.989 bits per heavy atom. The predicted molar refractivity (Wildman–Crippen MR) is 331 cm³/mol. The number of aromatic nitrogens is 6. The minimum absolute atomic E-state index is 0.